The highest BCUT2D eigenvalue weighted by molar-refractivity contribution is 5.96. The average molecular weight is 200 g/mol. The fourth-order valence-corrected chi connectivity index (χ4v) is 0.922. The van der Waals surface area contributed by atoms with Crippen LogP contribution < -0.4 is 0 Å². The van der Waals surface area contributed by atoms with Gasteiger partial charge in [-0.05, 0) is 27.2 Å². The predicted molar refractivity (Wildman–Crippen MR) is 54.9 cm³/mol. The fraction of sp³-hybridized carbons (Fsp3) is 0.818. The Labute approximate surface area is 85.8 Å². The maximum absolute atomic E-state index is 11.4. The molecule has 0 saturated carbocycles. The van der Waals surface area contributed by atoms with E-state index in [1.54, 1.807) is 20.8 Å². The first-order chi connectivity index (χ1) is 6.26. The molecular weight excluding hydrogens is 180 g/mol. The Morgan fingerprint density at radius 1 is 1.29 bits per heavy atom. The Hall–Kier alpha value is -0.860. The summed E-state index contributed by atoms with van der Waals surface area (Å²) in [5.41, 5.74) is -0.507. The molecule has 0 rings (SSSR count). The third-order valence-electron chi connectivity index (χ3n) is 1.90. The number of carbonyl (C=O) groups is 2. The second-order valence-electron chi connectivity index (χ2n) is 4.54. The molecule has 0 aromatic rings. The van der Waals surface area contributed by atoms with Crippen LogP contribution in [0.4, 0.5) is 0 Å². The van der Waals surface area contributed by atoms with Gasteiger partial charge in [-0.15, -0.1) is 0 Å². The third-order valence-corrected chi connectivity index (χ3v) is 1.90. The highest BCUT2D eigenvalue weighted by atomic mass is 16.6. The second kappa shape index (κ2) is 5.13. The van der Waals surface area contributed by atoms with Crippen LogP contribution in [0.2, 0.25) is 0 Å². The van der Waals surface area contributed by atoms with E-state index in [-0.39, 0.29) is 18.1 Å². The van der Waals surface area contributed by atoms with Crippen LogP contribution in [0, 0.1) is 5.92 Å². The zero-order valence-electron chi connectivity index (χ0n) is 9.72. The average Bonchev–Trinajstić information content (AvgIpc) is 1.99. The summed E-state index contributed by atoms with van der Waals surface area (Å²) in [6.07, 6.45) is 0.661. The summed E-state index contributed by atoms with van der Waals surface area (Å²) in [5.74, 6) is -0.521. The van der Waals surface area contributed by atoms with Crippen molar-refractivity contribution in [2.45, 2.75) is 53.1 Å². The number of esters is 1. The van der Waals surface area contributed by atoms with Crippen LogP contribution in [-0.4, -0.2) is 17.4 Å². The highest BCUT2D eigenvalue weighted by Gasteiger charge is 2.20. The molecule has 0 aliphatic heterocycles. The molecule has 3 heteroatoms. The summed E-state index contributed by atoms with van der Waals surface area (Å²) in [6, 6.07) is 0. The van der Waals surface area contributed by atoms with Gasteiger partial charge >= 0.3 is 5.97 Å². The molecule has 0 heterocycles. The lowest BCUT2D eigenvalue weighted by molar-refractivity contribution is -0.156. The molecule has 3 nitrogen and oxygen atoms in total. The summed E-state index contributed by atoms with van der Waals surface area (Å²) in [4.78, 5) is 22.6. The van der Waals surface area contributed by atoms with E-state index in [1.165, 1.54) is 0 Å². The normalized spacial score (nSPS) is 13.5. The van der Waals surface area contributed by atoms with Crippen molar-refractivity contribution < 1.29 is 14.3 Å². The first-order valence-electron chi connectivity index (χ1n) is 5.00. The second-order valence-corrected chi connectivity index (χ2v) is 4.54. The molecule has 0 bridgehead atoms. The molecule has 0 aliphatic rings. The Kier molecular flexibility index (Phi) is 4.81. The molecule has 0 amide bonds. The quantitative estimate of drug-likeness (QED) is 0.516. The standard InChI is InChI=1S/C11H20O3/c1-6-8(2)9(12)7-10(13)14-11(3,4)5/h8H,6-7H2,1-5H3. The Morgan fingerprint density at radius 2 is 1.79 bits per heavy atom. The van der Waals surface area contributed by atoms with Gasteiger partial charge in [-0.1, -0.05) is 13.8 Å². The van der Waals surface area contributed by atoms with Gasteiger partial charge < -0.3 is 4.74 Å². The van der Waals surface area contributed by atoms with Gasteiger partial charge in [-0.3, -0.25) is 9.59 Å². The van der Waals surface area contributed by atoms with E-state index in [0.717, 1.165) is 6.42 Å². The van der Waals surface area contributed by atoms with Gasteiger partial charge in [-0.2, -0.15) is 0 Å². The molecule has 0 spiro atoms. The number of carbonyl (C=O) groups excluding carboxylic acids is 2. The first-order valence-corrected chi connectivity index (χ1v) is 5.00. The zero-order valence-corrected chi connectivity index (χ0v) is 9.72. The molecule has 0 aromatic carbocycles. The van der Waals surface area contributed by atoms with Gasteiger partial charge in [-0.25, -0.2) is 0 Å². The van der Waals surface area contributed by atoms with Crippen molar-refractivity contribution in [3.63, 3.8) is 0 Å². The van der Waals surface area contributed by atoms with Crippen molar-refractivity contribution in [2.75, 3.05) is 0 Å². The number of rotatable bonds is 4. The third kappa shape index (κ3) is 5.73. The van der Waals surface area contributed by atoms with Crippen LogP contribution in [0.5, 0.6) is 0 Å². The van der Waals surface area contributed by atoms with Gasteiger partial charge in [0.15, 0.2) is 0 Å². The number of hydrogen-bond donors (Lipinski definition) is 0. The predicted octanol–water partition coefficient (Wildman–Crippen LogP) is 2.33. The van der Waals surface area contributed by atoms with Gasteiger partial charge in [0.2, 0.25) is 0 Å². The van der Waals surface area contributed by atoms with Crippen molar-refractivity contribution in [2.24, 2.45) is 5.92 Å². The minimum absolute atomic E-state index is 0.0400. The van der Waals surface area contributed by atoms with E-state index in [4.69, 9.17) is 4.74 Å². The lowest BCUT2D eigenvalue weighted by atomic mass is 10.0. The zero-order chi connectivity index (χ0) is 11.4. The van der Waals surface area contributed by atoms with Crippen molar-refractivity contribution in [1.82, 2.24) is 0 Å². The van der Waals surface area contributed by atoms with E-state index in [2.05, 4.69) is 0 Å². The monoisotopic (exact) mass is 200 g/mol. The van der Waals surface area contributed by atoms with E-state index >= 15 is 0 Å². The van der Waals surface area contributed by atoms with Crippen molar-refractivity contribution in [3.05, 3.63) is 0 Å². The summed E-state index contributed by atoms with van der Waals surface area (Å²) < 4.78 is 5.04. The summed E-state index contributed by atoms with van der Waals surface area (Å²) in [7, 11) is 0. The highest BCUT2D eigenvalue weighted by Crippen LogP contribution is 2.11. The smallest absolute Gasteiger partial charge is 0.313 e. The number of ether oxygens (including phenoxy) is 1. The van der Waals surface area contributed by atoms with Gasteiger partial charge in [0.05, 0.1) is 0 Å². The number of ketones is 1. The largest absolute Gasteiger partial charge is 0.460 e. The van der Waals surface area contributed by atoms with E-state index in [0.29, 0.717) is 0 Å². The summed E-state index contributed by atoms with van der Waals surface area (Å²) in [5, 5.41) is 0. The van der Waals surface area contributed by atoms with Crippen molar-refractivity contribution in [1.29, 1.82) is 0 Å². The van der Waals surface area contributed by atoms with Crippen molar-refractivity contribution >= 4 is 11.8 Å². The molecular formula is C11H20O3. The molecule has 0 aromatic heterocycles. The number of Topliss-reactive ketones (excluding diaryl/α,β-unsaturated/α-hetero) is 1. The van der Waals surface area contributed by atoms with E-state index in [9.17, 15) is 9.59 Å². The molecule has 0 fully saturated rings. The molecule has 0 N–H and O–H groups in total. The van der Waals surface area contributed by atoms with E-state index in [1.807, 2.05) is 13.8 Å². The SMILES string of the molecule is CCC(C)C(=O)CC(=O)OC(C)(C)C. The Balaban J connectivity index is 4.02. The lowest BCUT2D eigenvalue weighted by Crippen LogP contribution is -2.26. The Morgan fingerprint density at radius 3 is 2.14 bits per heavy atom. The maximum Gasteiger partial charge on any atom is 0.313 e. The van der Waals surface area contributed by atoms with Gasteiger partial charge in [0.1, 0.15) is 17.8 Å². The molecule has 82 valence electrons. The molecule has 0 saturated heterocycles. The summed E-state index contributed by atoms with van der Waals surface area (Å²) >= 11 is 0. The van der Waals surface area contributed by atoms with E-state index < -0.39 is 11.6 Å². The minimum Gasteiger partial charge on any atom is -0.460 e. The van der Waals surface area contributed by atoms with Gasteiger partial charge in [0, 0.05) is 5.92 Å². The van der Waals surface area contributed by atoms with Crippen molar-refractivity contribution in [3.8, 4) is 0 Å². The molecule has 0 aliphatic carbocycles. The van der Waals surface area contributed by atoms with Crippen LogP contribution in [0.1, 0.15) is 47.5 Å². The summed E-state index contributed by atoms with van der Waals surface area (Å²) in [6.45, 7) is 9.13. The Bertz CT molecular complexity index is 213. The van der Waals surface area contributed by atoms with Crippen LogP contribution in [-0.2, 0) is 14.3 Å². The molecule has 14 heavy (non-hydrogen) atoms. The van der Waals surface area contributed by atoms with Crippen LogP contribution in [0.3, 0.4) is 0 Å². The maximum atomic E-state index is 11.4. The lowest BCUT2D eigenvalue weighted by Gasteiger charge is -2.19. The van der Waals surface area contributed by atoms with Crippen LogP contribution >= 0.6 is 0 Å². The van der Waals surface area contributed by atoms with Crippen LogP contribution in [0.25, 0.3) is 0 Å². The topological polar surface area (TPSA) is 43.4 Å². The molecule has 1 atom stereocenters. The van der Waals surface area contributed by atoms with Crippen LogP contribution in [0.15, 0.2) is 0 Å². The minimum atomic E-state index is -0.507. The molecule has 0 radical (unpaired) electrons. The first kappa shape index (κ1) is 13.1. The fourth-order valence-electron chi connectivity index (χ4n) is 0.922. The van der Waals surface area contributed by atoms with Gasteiger partial charge in [0.25, 0.3) is 0 Å². The molecule has 1 unspecified atom stereocenters. The number of hydrogen-bond acceptors (Lipinski definition) is 3.